The van der Waals surface area contributed by atoms with Crippen LogP contribution < -0.4 is 4.90 Å². The third-order valence-electron chi connectivity index (χ3n) is 3.94. The Labute approximate surface area is 156 Å². The minimum atomic E-state index is -0.693. The van der Waals surface area contributed by atoms with Crippen LogP contribution in [0.2, 0.25) is 0 Å². The molecule has 138 valence electrons. The van der Waals surface area contributed by atoms with Crippen LogP contribution in [0.1, 0.15) is 12.5 Å². The van der Waals surface area contributed by atoms with Crippen molar-refractivity contribution in [1.82, 2.24) is 0 Å². The van der Waals surface area contributed by atoms with E-state index in [9.17, 15) is 30.3 Å². The molecule has 0 atom stereocenters. The minimum Gasteiger partial charge on any atom is -0.335 e. The van der Waals surface area contributed by atoms with Crippen LogP contribution in [0, 0.1) is 30.3 Å². The maximum absolute atomic E-state index is 11.3. The van der Waals surface area contributed by atoms with Gasteiger partial charge in [0.2, 0.25) is 0 Å². The van der Waals surface area contributed by atoms with Crippen LogP contribution in [-0.2, 0) is 0 Å². The average molecular weight is 388 g/mol. The molecule has 2 aromatic carbocycles. The number of rotatable bonds is 5. The Hall–Kier alpha value is -3.47. The molecule has 1 aliphatic rings. The fourth-order valence-corrected chi connectivity index (χ4v) is 3.91. The summed E-state index contributed by atoms with van der Waals surface area (Å²) in [5.74, 6) is 0. The van der Waals surface area contributed by atoms with Gasteiger partial charge in [0.05, 0.1) is 37.1 Å². The van der Waals surface area contributed by atoms with E-state index in [-0.39, 0.29) is 22.6 Å². The first-order valence-electron chi connectivity index (χ1n) is 7.70. The normalized spacial score (nSPS) is 14.3. The number of fused-ring (bicyclic) bond motifs is 1. The molecule has 10 nitrogen and oxygen atoms in total. The van der Waals surface area contributed by atoms with Gasteiger partial charge in [0.25, 0.3) is 17.1 Å². The summed E-state index contributed by atoms with van der Waals surface area (Å²) in [7, 11) is 0. The molecule has 0 N–H and O–H groups in total. The number of hydrogen-bond acceptors (Lipinski definition) is 8. The van der Waals surface area contributed by atoms with Gasteiger partial charge in [-0.15, -0.1) is 0 Å². The summed E-state index contributed by atoms with van der Waals surface area (Å²) in [6, 6.07) is 7.93. The molecule has 0 saturated heterocycles. The highest BCUT2D eigenvalue weighted by Crippen LogP contribution is 2.48. The van der Waals surface area contributed by atoms with Gasteiger partial charge >= 0.3 is 0 Å². The molecule has 1 heterocycles. The highest BCUT2D eigenvalue weighted by Gasteiger charge is 2.27. The van der Waals surface area contributed by atoms with Gasteiger partial charge in [0.1, 0.15) is 0 Å². The summed E-state index contributed by atoms with van der Waals surface area (Å²) in [5.41, 5.74) is 0.196. The van der Waals surface area contributed by atoms with Crippen molar-refractivity contribution >= 4 is 40.6 Å². The minimum absolute atomic E-state index is 0.0418. The van der Waals surface area contributed by atoms with Gasteiger partial charge < -0.3 is 4.90 Å². The fraction of sp³-hybridized carbons (Fsp3) is 0.125. The Kier molecular flexibility index (Phi) is 4.77. The van der Waals surface area contributed by atoms with Gasteiger partial charge in [-0.25, -0.2) is 0 Å². The zero-order valence-corrected chi connectivity index (χ0v) is 14.7. The molecule has 1 aliphatic heterocycles. The standard InChI is InChI=1S/C16H12N4O6S/c1-2-17-13-6-5-12(19(23)24)9-15(13)27-16(17)7-10-3-4-11(18(21)22)8-14(10)20(25)26/h3-9H,2H2,1H3. The molecule has 0 bridgehead atoms. The highest BCUT2D eigenvalue weighted by atomic mass is 32.2. The summed E-state index contributed by atoms with van der Waals surface area (Å²) in [6.07, 6.45) is 1.56. The molecule has 0 aromatic heterocycles. The number of hydrogen-bond donors (Lipinski definition) is 0. The number of benzene rings is 2. The van der Waals surface area contributed by atoms with Crippen LogP contribution in [0.15, 0.2) is 46.3 Å². The molecule has 2 aromatic rings. The summed E-state index contributed by atoms with van der Waals surface area (Å²) in [5, 5.41) is 33.8. The zero-order valence-electron chi connectivity index (χ0n) is 13.9. The first-order chi connectivity index (χ1) is 12.8. The van der Waals surface area contributed by atoms with Crippen LogP contribution >= 0.6 is 11.8 Å². The number of thioether (sulfide) groups is 1. The second-order valence-electron chi connectivity index (χ2n) is 5.50. The van der Waals surface area contributed by atoms with Crippen molar-refractivity contribution in [3.63, 3.8) is 0 Å². The van der Waals surface area contributed by atoms with Crippen molar-refractivity contribution in [3.05, 3.63) is 77.3 Å². The van der Waals surface area contributed by atoms with Gasteiger partial charge in [-0.1, -0.05) is 11.8 Å². The van der Waals surface area contributed by atoms with E-state index in [2.05, 4.69) is 0 Å². The lowest BCUT2D eigenvalue weighted by molar-refractivity contribution is -0.394. The average Bonchev–Trinajstić information content (AvgIpc) is 2.97. The molecule has 11 heteroatoms. The lowest BCUT2D eigenvalue weighted by Crippen LogP contribution is -2.16. The van der Waals surface area contributed by atoms with Crippen LogP contribution in [0.4, 0.5) is 22.7 Å². The number of anilines is 1. The number of nitro groups is 3. The fourth-order valence-electron chi connectivity index (χ4n) is 2.70. The molecule has 0 fully saturated rings. The molecule has 0 unspecified atom stereocenters. The predicted molar refractivity (Wildman–Crippen MR) is 99.7 cm³/mol. The Morgan fingerprint density at radius 3 is 2.19 bits per heavy atom. The third kappa shape index (κ3) is 3.44. The van der Waals surface area contributed by atoms with Crippen molar-refractivity contribution in [3.8, 4) is 0 Å². The summed E-state index contributed by atoms with van der Waals surface area (Å²) >= 11 is 1.25. The predicted octanol–water partition coefficient (Wildman–Crippen LogP) is 4.34. The topological polar surface area (TPSA) is 133 Å². The van der Waals surface area contributed by atoms with Crippen LogP contribution in [0.5, 0.6) is 0 Å². The summed E-state index contributed by atoms with van der Waals surface area (Å²) < 4.78 is 0. The quantitative estimate of drug-likeness (QED) is 0.545. The van der Waals surface area contributed by atoms with Gasteiger partial charge in [-0.3, -0.25) is 30.3 Å². The van der Waals surface area contributed by atoms with E-state index < -0.39 is 14.8 Å². The first kappa shape index (κ1) is 18.3. The monoisotopic (exact) mass is 388 g/mol. The van der Waals surface area contributed by atoms with E-state index in [1.165, 1.54) is 36.0 Å². The van der Waals surface area contributed by atoms with E-state index in [0.717, 1.165) is 11.8 Å². The Balaban J connectivity index is 2.06. The second-order valence-corrected chi connectivity index (χ2v) is 6.56. The Bertz CT molecular complexity index is 1010. The van der Waals surface area contributed by atoms with Crippen LogP contribution in [0.3, 0.4) is 0 Å². The van der Waals surface area contributed by atoms with Crippen molar-refractivity contribution in [2.75, 3.05) is 11.4 Å². The van der Waals surface area contributed by atoms with Crippen LogP contribution in [0.25, 0.3) is 6.08 Å². The number of non-ortho nitro benzene ring substituents is 2. The van der Waals surface area contributed by atoms with E-state index in [4.69, 9.17) is 0 Å². The summed E-state index contributed by atoms with van der Waals surface area (Å²) in [4.78, 5) is 33.8. The molecular formula is C16H12N4O6S. The molecule has 3 rings (SSSR count). The Morgan fingerprint density at radius 2 is 1.59 bits per heavy atom. The third-order valence-corrected chi connectivity index (χ3v) is 5.04. The summed E-state index contributed by atoms with van der Waals surface area (Å²) in [6.45, 7) is 2.43. The number of nitrogens with zero attached hydrogens (tertiary/aromatic N) is 4. The van der Waals surface area contributed by atoms with E-state index in [0.29, 0.717) is 16.5 Å². The molecule has 0 spiro atoms. The van der Waals surface area contributed by atoms with Crippen molar-refractivity contribution < 1.29 is 14.8 Å². The van der Waals surface area contributed by atoms with Gasteiger partial charge in [0.15, 0.2) is 0 Å². The van der Waals surface area contributed by atoms with Gasteiger partial charge in [0, 0.05) is 29.6 Å². The lowest BCUT2D eigenvalue weighted by atomic mass is 10.1. The molecule has 0 saturated carbocycles. The highest BCUT2D eigenvalue weighted by molar-refractivity contribution is 8.03. The SMILES string of the molecule is CCN1C(=Cc2ccc([N+](=O)[O-])cc2[N+](=O)[O-])Sc2cc([N+](=O)[O-])ccc21. The maximum Gasteiger partial charge on any atom is 0.283 e. The maximum atomic E-state index is 11.3. The van der Waals surface area contributed by atoms with E-state index in [1.807, 2.05) is 11.8 Å². The smallest absolute Gasteiger partial charge is 0.283 e. The van der Waals surface area contributed by atoms with Crippen LogP contribution in [-0.4, -0.2) is 21.3 Å². The van der Waals surface area contributed by atoms with Crippen molar-refractivity contribution in [1.29, 1.82) is 0 Å². The second kappa shape index (κ2) is 7.03. The Morgan fingerprint density at radius 1 is 0.963 bits per heavy atom. The molecule has 27 heavy (non-hydrogen) atoms. The van der Waals surface area contributed by atoms with E-state index in [1.54, 1.807) is 12.1 Å². The van der Waals surface area contributed by atoms with E-state index >= 15 is 0 Å². The van der Waals surface area contributed by atoms with Gasteiger partial charge in [-0.2, -0.15) is 0 Å². The van der Waals surface area contributed by atoms with Crippen molar-refractivity contribution in [2.24, 2.45) is 0 Å². The zero-order chi connectivity index (χ0) is 19.7. The molecule has 0 amide bonds. The van der Waals surface area contributed by atoms with Crippen molar-refractivity contribution in [2.45, 2.75) is 11.8 Å². The first-order valence-corrected chi connectivity index (χ1v) is 8.51. The molecular weight excluding hydrogens is 376 g/mol. The van der Waals surface area contributed by atoms with Gasteiger partial charge in [-0.05, 0) is 25.1 Å². The number of nitro benzene ring substituents is 3. The lowest BCUT2D eigenvalue weighted by Gasteiger charge is -2.17. The molecule has 0 radical (unpaired) electrons. The largest absolute Gasteiger partial charge is 0.335 e. The molecule has 0 aliphatic carbocycles.